The number of nitriles is 1. The standard InChI is InChI=1S/C14H7BrF2N2O2S/c15-12-9(21-8-3-7(4-18)5-19-6-8)1-2-10-11(12)13(20)14(16,17)22-10/h1-3,5-6,13,20H. The maximum atomic E-state index is 13.6. The van der Waals surface area contributed by atoms with Crippen LogP contribution in [0, 0.1) is 11.3 Å². The molecule has 0 aliphatic carbocycles. The van der Waals surface area contributed by atoms with E-state index in [1.54, 1.807) is 0 Å². The van der Waals surface area contributed by atoms with Crippen LogP contribution in [0.15, 0.2) is 40.0 Å². The highest BCUT2D eigenvalue weighted by atomic mass is 79.9. The summed E-state index contributed by atoms with van der Waals surface area (Å²) < 4.78 is 33.0. The lowest BCUT2D eigenvalue weighted by molar-refractivity contribution is -0.0314. The summed E-state index contributed by atoms with van der Waals surface area (Å²) in [5, 5.41) is 15.3. The van der Waals surface area contributed by atoms with E-state index < -0.39 is 11.4 Å². The van der Waals surface area contributed by atoms with Crippen molar-refractivity contribution in [1.29, 1.82) is 5.26 Å². The van der Waals surface area contributed by atoms with E-state index in [0.717, 1.165) is 0 Å². The minimum Gasteiger partial charge on any atom is -0.455 e. The van der Waals surface area contributed by atoms with E-state index in [1.807, 2.05) is 6.07 Å². The summed E-state index contributed by atoms with van der Waals surface area (Å²) in [6, 6.07) is 6.39. The molecule has 0 saturated heterocycles. The van der Waals surface area contributed by atoms with Crippen LogP contribution in [-0.2, 0) is 0 Å². The first-order valence-electron chi connectivity index (χ1n) is 6.02. The number of aliphatic hydroxyl groups is 1. The largest absolute Gasteiger partial charge is 0.455 e. The van der Waals surface area contributed by atoms with E-state index in [2.05, 4.69) is 20.9 Å². The highest BCUT2D eigenvalue weighted by Gasteiger charge is 2.49. The topological polar surface area (TPSA) is 66.1 Å². The Labute approximate surface area is 136 Å². The molecule has 112 valence electrons. The van der Waals surface area contributed by atoms with Gasteiger partial charge in [0.05, 0.1) is 16.2 Å². The van der Waals surface area contributed by atoms with E-state index in [1.165, 1.54) is 30.6 Å². The number of hydrogen-bond acceptors (Lipinski definition) is 5. The minimum atomic E-state index is -3.27. The first-order chi connectivity index (χ1) is 10.4. The molecule has 1 aliphatic rings. The number of rotatable bonds is 2. The Hall–Kier alpha value is -1.69. The third kappa shape index (κ3) is 2.56. The number of thioether (sulfide) groups is 1. The molecular weight excluding hydrogens is 378 g/mol. The van der Waals surface area contributed by atoms with E-state index >= 15 is 0 Å². The van der Waals surface area contributed by atoms with Crippen molar-refractivity contribution in [2.45, 2.75) is 16.3 Å². The van der Waals surface area contributed by atoms with Gasteiger partial charge in [-0.2, -0.15) is 14.0 Å². The van der Waals surface area contributed by atoms with Crippen LogP contribution in [-0.4, -0.2) is 15.3 Å². The maximum Gasteiger partial charge on any atom is 0.327 e. The number of hydrogen-bond donors (Lipinski definition) is 1. The normalized spacial score (nSPS) is 18.6. The Morgan fingerprint density at radius 2 is 2.18 bits per heavy atom. The summed E-state index contributed by atoms with van der Waals surface area (Å²) in [6.07, 6.45) is 0.875. The van der Waals surface area contributed by atoms with Crippen LogP contribution in [0.1, 0.15) is 17.2 Å². The van der Waals surface area contributed by atoms with Crippen molar-refractivity contribution in [3.63, 3.8) is 0 Å². The molecule has 0 spiro atoms. The summed E-state index contributed by atoms with van der Waals surface area (Å²) in [6.45, 7) is 0. The molecule has 4 nitrogen and oxygen atoms in total. The summed E-state index contributed by atoms with van der Waals surface area (Å²) in [5.74, 6) is 0.555. The van der Waals surface area contributed by atoms with Crippen molar-refractivity contribution >= 4 is 27.7 Å². The molecule has 1 aromatic heterocycles. The number of ether oxygens (including phenoxy) is 1. The lowest BCUT2D eigenvalue weighted by Gasteiger charge is -2.14. The van der Waals surface area contributed by atoms with Crippen LogP contribution in [0.5, 0.6) is 11.5 Å². The Balaban J connectivity index is 1.98. The molecule has 1 atom stereocenters. The second-order valence-corrected chi connectivity index (χ2v) is 6.46. The summed E-state index contributed by atoms with van der Waals surface area (Å²) in [4.78, 5) is 4.15. The molecule has 1 N–H and O–H groups in total. The number of fused-ring (bicyclic) bond motifs is 1. The van der Waals surface area contributed by atoms with Gasteiger partial charge >= 0.3 is 5.25 Å². The zero-order valence-corrected chi connectivity index (χ0v) is 13.2. The van der Waals surface area contributed by atoms with Crippen LogP contribution in [0.25, 0.3) is 0 Å². The molecule has 1 aliphatic heterocycles. The molecule has 1 aromatic carbocycles. The number of nitrogens with zero attached hydrogens (tertiary/aromatic N) is 2. The molecule has 2 heterocycles. The minimum absolute atomic E-state index is 0.0943. The third-order valence-corrected chi connectivity index (χ3v) is 4.90. The molecule has 3 rings (SSSR count). The molecule has 0 radical (unpaired) electrons. The van der Waals surface area contributed by atoms with Crippen LogP contribution < -0.4 is 4.74 Å². The highest BCUT2D eigenvalue weighted by Crippen LogP contribution is 2.57. The molecule has 2 aromatic rings. The fourth-order valence-corrected chi connectivity index (χ4v) is 3.77. The van der Waals surface area contributed by atoms with E-state index in [9.17, 15) is 13.9 Å². The molecule has 8 heteroatoms. The Bertz CT molecular complexity index is 795. The SMILES string of the molecule is N#Cc1cncc(Oc2ccc3c(c2Br)C(O)C(F)(F)S3)c1. The van der Waals surface area contributed by atoms with Crippen molar-refractivity contribution in [3.8, 4) is 17.6 Å². The van der Waals surface area contributed by atoms with Gasteiger partial charge in [-0.25, -0.2) is 0 Å². The molecule has 0 amide bonds. The van der Waals surface area contributed by atoms with Crippen LogP contribution in [0.2, 0.25) is 0 Å². The molecule has 22 heavy (non-hydrogen) atoms. The lowest BCUT2D eigenvalue weighted by Crippen LogP contribution is -2.16. The van der Waals surface area contributed by atoms with Crippen LogP contribution in [0.4, 0.5) is 8.78 Å². The van der Waals surface area contributed by atoms with Gasteiger partial charge in [0.25, 0.3) is 0 Å². The van der Waals surface area contributed by atoms with E-state index in [4.69, 9.17) is 10.00 Å². The van der Waals surface area contributed by atoms with Gasteiger partial charge in [-0.1, -0.05) is 0 Å². The molecule has 0 bridgehead atoms. The smallest absolute Gasteiger partial charge is 0.327 e. The fourth-order valence-electron chi connectivity index (χ4n) is 2.01. The molecule has 1 unspecified atom stereocenters. The second-order valence-electron chi connectivity index (χ2n) is 4.48. The van der Waals surface area contributed by atoms with Gasteiger partial charge in [0.15, 0.2) is 6.10 Å². The number of alkyl halides is 2. The second kappa shape index (κ2) is 5.50. The first-order valence-corrected chi connectivity index (χ1v) is 7.63. The number of aromatic nitrogens is 1. The summed E-state index contributed by atoms with van der Waals surface area (Å²) in [5.41, 5.74) is 0.411. The fraction of sp³-hybridized carbons (Fsp3) is 0.143. The molecular formula is C14H7BrF2N2O2S. The van der Waals surface area contributed by atoms with Gasteiger partial charge in [0.2, 0.25) is 0 Å². The van der Waals surface area contributed by atoms with Gasteiger partial charge in [-0.15, -0.1) is 0 Å². The predicted octanol–water partition coefficient (Wildman–Crippen LogP) is 4.24. The predicted molar refractivity (Wildman–Crippen MR) is 78.9 cm³/mol. The number of pyridine rings is 1. The number of halogens is 3. The zero-order chi connectivity index (χ0) is 15.9. The number of aliphatic hydroxyl groups excluding tert-OH is 1. The lowest BCUT2D eigenvalue weighted by atomic mass is 10.1. The van der Waals surface area contributed by atoms with Gasteiger partial charge < -0.3 is 9.84 Å². The quantitative estimate of drug-likeness (QED) is 0.838. The van der Waals surface area contributed by atoms with Crippen LogP contribution >= 0.6 is 27.7 Å². The van der Waals surface area contributed by atoms with Gasteiger partial charge in [0.1, 0.15) is 17.6 Å². The summed E-state index contributed by atoms with van der Waals surface area (Å²) in [7, 11) is 0. The average molecular weight is 385 g/mol. The van der Waals surface area contributed by atoms with Crippen molar-refractivity contribution in [2.75, 3.05) is 0 Å². The van der Waals surface area contributed by atoms with Gasteiger partial charge in [-0.05, 0) is 39.8 Å². The highest BCUT2D eigenvalue weighted by molar-refractivity contribution is 9.10. The Morgan fingerprint density at radius 3 is 2.91 bits per heavy atom. The van der Waals surface area contributed by atoms with Crippen molar-refractivity contribution in [1.82, 2.24) is 4.98 Å². The summed E-state index contributed by atoms with van der Waals surface area (Å²) >= 11 is 3.51. The Morgan fingerprint density at radius 1 is 1.41 bits per heavy atom. The zero-order valence-electron chi connectivity index (χ0n) is 10.8. The van der Waals surface area contributed by atoms with Crippen molar-refractivity contribution in [2.24, 2.45) is 0 Å². The third-order valence-electron chi connectivity index (χ3n) is 3.01. The average Bonchev–Trinajstić information content (AvgIpc) is 2.73. The van der Waals surface area contributed by atoms with Crippen LogP contribution in [0.3, 0.4) is 0 Å². The van der Waals surface area contributed by atoms with E-state index in [0.29, 0.717) is 28.0 Å². The maximum absolute atomic E-state index is 13.6. The first kappa shape index (κ1) is 15.2. The van der Waals surface area contributed by atoms with Crippen molar-refractivity contribution in [3.05, 3.63) is 46.2 Å². The van der Waals surface area contributed by atoms with Gasteiger partial charge in [0, 0.05) is 22.7 Å². The van der Waals surface area contributed by atoms with E-state index in [-0.39, 0.29) is 15.8 Å². The monoisotopic (exact) mass is 384 g/mol. The molecule has 0 saturated carbocycles. The van der Waals surface area contributed by atoms with Gasteiger partial charge in [-0.3, -0.25) is 4.98 Å². The Kier molecular flexibility index (Phi) is 3.80. The van der Waals surface area contributed by atoms with Crippen molar-refractivity contribution < 1.29 is 18.6 Å². The number of benzene rings is 1. The molecule has 0 fully saturated rings.